The SMILES string of the molecule is CCN=C(NC1CCN(c2ncccc2F)C1)NC1C2CCOC2C12CCC2.I. The van der Waals surface area contributed by atoms with Crippen molar-refractivity contribution >= 4 is 35.8 Å². The van der Waals surface area contributed by atoms with Crippen molar-refractivity contribution in [1.29, 1.82) is 0 Å². The molecule has 2 saturated heterocycles. The lowest BCUT2D eigenvalue weighted by molar-refractivity contribution is -0.171. The van der Waals surface area contributed by atoms with Gasteiger partial charge in [0.05, 0.1) is 6.10 Å². The van der Waals surface area contributed by atoms with Gasteiger partial charge in [0.25, 0.3) is 0 Å². The van der Waals surface area contributed by atoms with Crippen LogP contribution in [0.15, 0.2) is 23.3 Å². The summed E-state index contributed by atoms with van der Waals surface area (Å²) in [6.07, 6.45) is 8.05. The summed E-state index contributed by atoms with van der Waals surface area (Å²) < 4.78 is 20.1. The molecular weight excluding hydrogens is 484 g/mol. The predicted molar refractivity (Wildman–Crippen MR) is 122 cm³/mol. The Bertz CT molecular complexity index is 758. The van der Waals surface area contributed by atoms with Gasteiger partial charge in [-0.25, -0.2) is 9.37 Å². The Balaban J connectivity index is 0.00000205. The molecule has 2 N–H and O–H groups in total. The van der Waals surface area contributed by atoms with Crippen molar-refractivity contribution < 1.29 is 9.13 Å². The first-order valence-electron chi connectivity index (χ1n) is 10.8. The van der Waals surface area contributed by atoms with Crippen LogP contribution in [-0.4, -0.2) is 55.4 Å². The lowest BCUT2D eigenvalue weighted by Crippen LogP contribution is -2.72. The van der Waals surface area contributed by atoms with Crippen LogP contribution in [0.1, 0.15) is 39.0 Å². The van der Waals surface area contributed by atoms with E-state index < -0.39 is 0 Å². The van der Waals surface area contributed by atoms with Crippen LogP contribution in [0.5, 0.6) is 0 Å². The maximum Gasteiger partial charge on any atom is 0.191 e. The van der Waals surface area contributed by atoms with Crippen molar-refractivity contribution in [1.82, 2.24) is 15.6 Å². The monoisotopic (exact) mass is 515 g/mol. The van der Waals surface area contributed by atoms with Gasteiger partial charge < -0.3 is 20.3 Å². The molecule has 4 unspecified atom stereocenters. The van der Waals surface area contributed by atoms with Gasteiger partial charge in [-0.3, -0.25) is 4.99 Å². The average Bonchev–Trinajstić information content (AvgIpc) is 3.27. The van der Waals surface area contributed by atoms with E-state index in [1.165, 1.54) is 25.3 Å². The molecular formula is C21H31FIN5O. The molecule has 160 valence electrons. The zero-order valence-electron chi connectivity index (χ0n) is 16.9. The third kappa shape index (κ3) is 3.60. The van der Waals surface area contributed by atoms with Gasteiger partial charge in [0.1, 0.15) is 0 Å². The Morgan fingerprint density at radius 1 is 1.38 bits per heavy atom. The number of guanidine groups is 1. The second-order valence-electron chi connectivity index (χ2n) is 8.66. The summed E-state index contributed by atoms with van der Waals surface area (Å²) in [5.74, 6) is 1.72. The lowest BCUT2D eigenvalue weighted by atomic mass is 9.46. The topological polar surface area (TPSA) is 61.8 Å². The predicted octanol–water partition coefficient (Wildman–Crippen LogP) is 2.93. The summed E-state index contributed by atoms with van der Waals surface area (Å²) in [6, 6.07) is 3.82. The zero-order chi connectivity index (χ0) is 19.1. The molecule has 1 aromatic rings. The molecule has 0 aromatic carbocycles. The van der Waals surface area contributed by atoms with E-state index >= 15 is 0 Å². The van der Waals surface area contributed by atoms with Crippen LogP contribution in [0.3, 0.4) is 0 Å². The van der Waals surface area contributed by atoms with Gasteiger partial charge in [0.15, 0.2) is 17.6 Å². The van der Waals surface area contributed by atoms with Crippen molar-refractivity contribution in [3.63, 3.8) is 0 Å². The summed E-state index contributed by atoms with van der Waals surface area (Å²) in [7, 11) is 0. The molecule has 1 aromatic heterocycles. The summed E-state index contributed by atoms with van der Waals surface area (Å²) in [5, 5.41) is 7.37. The zero-order valence-corrected chi connectivity index (χ0v) is 19.3. The molecule has 0 bridgehead atoms. The number of nitrogens with zero attached hydrogens (tertiary/aromatic N) is 3. The molecule has 1 spiro atoms. The maximum absolute atomic E-state index is 14.1. The summed E-state index contributed by atoms with van der Waals surface area (Å²) in [4.78, 5) is 10.9. The number of hydrogen-bond donors (Lipinski definition) is 2. The average molecular weight is 515 g/mol. The summed E-state index contributed by atoms with van der Waals surface area (Å²) in [5.41, 5.74) is 0.330. The van der Waals surface area contributed by atoms with E-state index in [4.69, 9.17) is 9.73 Å². The Hall–Kier alpha value is -1.16. The molecule has 2 aliphatic heterocycles. The number of fused-ring (bicyclic) bond motifs is 2. The number of aromatic nitrogens is 1. The Morgan fingerprint density at radius 3 is 2.97 bits per heavy atom. The first-order valence-corrected chi connectivity index (χ1v) is 10.8. The second kappa shape index (κ2) is 8.53. The Morgan fingerprint density at radius 2 is 2.24 bits per heavy atom. The van der Waals surface area contributed by atoms with Crippen LogP contribution in [-0.2, 0) is 4.74 Å². The number of anilines is 1. The minimum absolute atomic E-state index is 0. The van der Waals surface area contributed by atoms with Gasteiger partial charge in [0, 0.05) is 55.9 Å². The molecule has 4 atom stereocenters. The minimum atomic E-state index is -0.252. The Labute approximate surface area is 189 Å². The molecule has 2 aliphatic carbocycles. The van der Waals surface area contributed by atoms with Crippen molar-refractivity contribution in [3.8, 4) is 0 Å². The van der Waals surface area contributed by atoms with Crippen LogP contribution in [0.4, 0.5) is 10.2 Å². The highest BCUT2D eigenvalue weighted by Crippen LogP contribution is 2.62. The number of halogens is 2. The molecule has 8 heteroatoms. The highest BCUT2D eigenvalue weighted by atomic mass is 127. The van der Waals surface area contributed by atoms with E-state index in [1.807, 2.05) is 4.90 Å². The fourth-order valence-electron chi connectivity index (χ4n) is 5.77. The molecule has 0 radical (unpaired) electrons. The number of ether oxygens (including phenoxy) is 1. The van der Waals surface area contributed by atoms with Crippen LogP contribution in [0.2, 0.25) is 0 Å². The van der Waals surface area contributed by atoms with Gasteiger partial charge in [-0.05, 0) is 44.7 Å². The highest BCUT2D eigenvalue weighted by Gasteiger charge is 2.66. The lowest BCUT2D eigenvalue weighted by Gasteiger charge is -2.63. The number of pyridine rings is 1. The van der Waals surface area contributed by atoms with Gasteiger partial charge in [-0.15, -0.1) is 24.0 Å². The number of nitrogens with one attached hydrogen (secondary N) is 2. The van der Waals surface area contributed by atoms with Gasteiger partial charge in [-0.1, -0.05) is 6.42 Å². The van der Waals surface area contributed by atoms with Crippen LogP contribution in [0.25, 0.3) is 0 Å². The first kappa shape index (κ1) is 21.1. The van der Waals surface area contributed by atoms with Crippen molar-refractivity contribution in [2.75, 3.05) is 31.1 Å². The number of aliphatic imine (C=N–C) groups is 1. The third-order valence-electron chi connectivity index (χ3n) is 7.21. The molecule has 0 amide bonds. The molecule has 6 nitrogen and oxygen atoms in total. The molecule has 2 saturated carbocycles. The van der Waals surface area contributed by atoms with E-state index in [9.17, 15) is 4.39 Å². The largest absolute Gasteiger partial charge is 0.377 e. The molecule has 4 fully saturated rings. The Kier molecular flexibility index (Phi) is 6.20. The van der Waals surface area contributed by atoms with Crippen molar-refractivity contribution in [2.24, 2.45) is 16.3 Å². The highest BCUT2D eigenvalue weighted by molar-refractivity contribution is 14.0. The third-order valence-corrected chi connectivity index (χ3v) is 7.21. The normalized spacial score (nSPS) is 32.2. The van der Waals surface area contributed by atoms with E-state index in [0.717, 1.165) is 45.0 Å². The van der Waals surface area contributed by atoms with E-state index in [1.54, 1.807) is 12.3 Å². The fourth-order valence-corrected chi connectivity index (χ4v) is 5.77. The summed E-state index contributed by atoms with van der Waals surface area (Å²) in [6.45, 7) is 5.25. The quantitative estimate of drug-likeness (QED) is 0.367. The maximum atomic E-state index is 14.1. The molecule has 3 heterocycles. The molecule has 29 heavy (non-hydrogen) atoms. The van der Waals surface area contributed by atoms with Gasteiger partial charge >= 0.3 is 0 Å². The summed E-state index contributed by atoms with van der Waals surface area (Å²) >= 11 is 0. The molecule has 5 rings (SSSR count). The number of hydrogen-bond acceptors (Lipinski definition) is 4. The van der Waals surface area contributed by atoms with E-state index in [2.05, 4.69) is 22.5 Å². The van der Waals surface area contributed by atoms with E-state index in [-0.39, 0.29) is 35.8 Å². The van der Waals surface area contributed by atoms with E-state index in [0.29, 0.717) is 29.3 Å². The standard InChI is InChI=1S/C21H30FN5O.HI/c1-2-23-20(26-17-15-7-12-28-18(15)21(17)8-4-9-21)25-14-6-11-27(13-14)19-16(22)5-3-10-24-19;/h3,5,10,14-15,17-18H,2,4,6-9,11-13H2,1H3,(H2,23,25,26);1H. The first-order chi connectivity index (χ1) is 13.7. The van der Waals surface area contributed by atoms with Crippen molar-refractivity contribution in [2.45, 2.75) is 57.2 Å². The fraction of sp³-hybridized carbons (Fsp3) is 0.714. The second-order valence-corrected chi connectivity index (χ2v) is 8.66. The van der Waals surface area contributed by atoms with Gasteiger partial charge in [0.2, 0.25) is 0 Å². The van der Waals surface area contributed by atoms with Crippen LogP contribution < -0.4 is 15.5 Å². The van der Waals surface area contributed by atoms with Crippen molar-refractivity contribution in [3.05, 3.63) is 24.1 Å². The smallest absolute Gasteiger partial charge is 0.191 e. The number of rotatable bonds is 4. The van der Waals surface area contributed by atoms with Crippen LogP contribution in [0, 0.1) is 17.2 Å². The minimum Gasteiger partial charge on any atom is -0.377 e. The van der Waals surface area contributed by atoms with Gasteiger partial charge in [-0.2, -0.15) is 0 Å². The molecule has 4 aliphatic rings. The van der Waals surface area contributed by atoms with Crippen LogP contribution >= 0.6 is 24.0 Å².